The number of aromatic nitrogens is 3. The fraction of sp³-hybridized carbons (Fsp3) is 0.350. The molecule has 0 spiro atoms. The molecule has 0 radical (unpaired) electrons. The topological polar surface area (TPSA) is 91.8 Å². The number of carbonyl (C=O) groups is 2. The van der Waals surface area contributed by atoms with Crippen molar-refractivity contribution in [2.75, 3.05) is 7.05 Å². The van der Waals surface area contributed by atoms with Gasteiger partial charge in [0.2, 0.25) is 5.91 Å². The van der Waals surface area contributed by atoms with Crippen LogP contribution in [0.2, 0.25) is 0 Å². The van der Waals surface area contributed by atoms with Crippen molar-refractivity contribution in [1.82, 2.24) is 25.2 Å². The van der Waals surface area contributed by atoms with Crippen molar-refractivity contribution in [3.8, 4) is 5.69 Å². The van der Waals surface area contributed by atoms with Crippen LogP contribution in [0.25, 0.3) is 16.6 Å². The van der Waals surface area contributed by atoms with Crippen molar-refractivity contribution in [1.29, 1.82) is 0 Å². The molecule has 3 N–H and O–H groups in total. The number of benzene rings is 1. The normalized spacial score (nSPS) is 19.7. The zero-order valence-electron chi connectivity index (χ0n) is 15.2. The zero-order valence-corrected chi connectivity index (χ0v) is 15.2. The second-order valence-electron chi connectivity index (χ2n) is 7.04. The summed E-state index contributed by atoms with van der Waals surface area (Å²) in [6.07, 6.45) is 10.4. The summed E-state index contributed by atoms with van der Waals surface area (Å²) in [5.74, 6) is 0.0662. The summed E-state index contributed by atoms with van der Waals surface area (Å²) in [5, 5.41) is 6.85. The molecule has 1 saturated carbocycles. The van der Waals surface area contributed by atoms with Crippen LogP contribution < -0.4 is 10.6 Å². The highest BCUT2D eigenvalue weighted by molar-refractivity contribution is 6.06. The average Bonchev–Trinajstić information content (AvgIpc) is 3.38. The minimum Gasteiger partial charge on any atom is -0.361 e. The molecule has 3 aromatic rings. The molecule has 27 heavy (non-hydrogen) atoms. The van der Waals surface area contributed by atoms with E-state index in [-0.39, 0.29) is 23.8 Å². The molecule has 1 aliphatic rings. The summed E-state index contributed by atoms with van der Waals surface area (Å²) < 4.78 is 1.89. The maximum absolute atomic E-state index is 13.0. The number of amides is 2. The molecule has 0 unspecified atom stereocenters. The second-order valence-corrected chi connectivity index (χ2v) is 7.04. The van der Waals surface area contributed by atoms with Crippen LogP contribution >= 0.6 is 0 Å². The first-order chi connectivity index (χ1) is 13.2. The van der Waals surface area contributed by atoms with Crippen LogP contribution in [0.4, 0.5) is 0 Å². The first-order valence-corrected chi connectivity index (χ1v) is 9.27. The third-order valence-electron chi connectivity index (χ3n) is 5.37. The van der Waals surface area contributed by atoms with E-state index in [2.05, 4.69) is 20.6 Å². The van der Waals surface area contributed by atoms with Gasteiger partial charge in [-0.1, -0.05) is 0 Å². The molecule has 1 aromatic carbocycles. The lowest BCUT2D eigenvalue weighted by Gasteiger charge is -2.28. The Morgan fingerprint density at radius 3 is 2.74 bits per heavy atom. The van der Waals surface area contributed by atoms with E-state index in [1.54, 1.807) is 19.6 Å². The maximum Gasteiger partial charge on any atom is 0.253 e. The zero-order chi connectivity index (χ0) is 18.8. The number of carbonyl (C=O) groups excluding carboxylic acids is 2. The first kappa shape index (κ1) is 17.3. The van der Waals surface area contributed by atoms with Gasteiger partial charge in [-0.3, -0.25) is 9.59 Å². The molecule has 2 heterocycles. The largest absolute Gasteiger partial charge is 0.361 e. The van der Waals surface area contributed by atoms with Crippen LogP contribution in [0.15, 0.2) is 43.1 Å². The molecular weight excluding hydrogens is 342 g/mol. The molecule has 4 rings (SSSR count). The Kier molecular flexibility index (Phi) is 4.66. The second kappa shape index (κ2) is 7.26. The van der Waals surface area contributed by atoms with Crippen LogP contribution in [0.1, 0.15) is 36.0 Å². The van der Waals surface area contributed by atoms with Crippen molar-refractivity contribution in [2.45, 2.75) is 31.7 Å². The number of fused-ring (bicyclic) bond motifs is 1. The highest BCUT2D eigenvalue weighted by Gasteiger charge is 2.27. The van der Waals surface area contributed by atoms with Crippen LogP contribution in [-0.2, 0) is 4.79 Å². The number of rotatable bonds is 4. The molecule has 0 aliphatic heterocycles. The lowest BCUT2D eigenvalue weighted by Crippen LogP contribution is -2.40. The van der Waals surface area contributed by atoms with E-state index >= 15 is 0 Å². The Labute approximate surface area is 157 Å². The highest BCUT2D eigenvalue weighted by atomic mass is 16.2. The molecule has 2 amide bonds. The molecule has 7 heteroatoms. The van der Waals surface area contributed by atoms with Gasteiger partial charge in [0.25, 0.3) is 5.91 Å². The number of H-pyrrole nitrogens is 1. The van der Waals surface area contributed by atoms with Gasteiger partial charge in [-0.2, -0.15) is 0 Å². The highest BCUT2D eigenvalue weighted by Crippen LogP contribution is 2.26. The minimum atomic E-state index is -0.0900. The summed E-state index contributed by atoms with van der Waals surface area (Å²) in [7, 11) is 1.67. The Hall–Kier alpha value is -3.09. The number of aromatic amines is 1. The number of imidazole rings is 1. The number of hydrogen-bond acceptors (Lipinski definition) is 3. The molecular formula is C20H23N5O2. The van der Waals surface area contributed by atoms with Crippen molar-refractivity contribution in [3.63, 3.8) is 0 Å². The lowest BCUT2D eigenvalue weighted by molar-refractivity contribution is -0.125. The predicted octanol–water partition coefficient (Wildman–Crippen LogP) is 2.39. The van der Waals surface area contributed by atoms with Crippen LogP contribution in [-0.4, -0.2) is 39.4 Å². The summed E-state index contributed by atoms with van der Waals surface area (Å²) in [6, 6.07) is 5.96. The van der Waals surface area contributed by atoms with Crippen molar-refractivity contribution in [3.05, 3.63) is 48.7 Å². The van der Waals surface area contributed by atoms with Gasteiger partial charge in [0.05, 0.1) is 17.4 Å². The Balaban J connectivity index is 1.53. The van der Waals surface area contributed by atoms with Crippen molar-refractivity contribution in [2.24, 2.45) is 5.92 Å². The van der Waals surface area contributed by atoms with E-state index in [1.807, 2.05) is 35.2 Å². The third kappa shape index (κ3) is 3.45. The van der Waals surface area contributed by atoms with Crippen LogP contribution in [0, 0.1) is 5.92 Å². The lowest BCUT2D eigenvalue weighted by atomic mass is 9.85. The van der Waals surface area contributed by atoms with Gasteiger partial charge in [0.1, 0.15) is 0 Å². The minimum absolute atomic E-state index is 0.0582. The fourth-order valence-electron chi connectivity index (χ4n) is 3.86. The van der Waals surface area contributed by atoms with E-state index in [9.17, 15) is 9.59 Å². The Morgan fingerprint density at radius 1 is 1.22 bits per heavy atom. The Bertz CT molecular complexity index is 952. The van der Waals surface area contributed by atoms with E-state index in [0.29, 0.717) is 5.56 Å². The van der Waals surface area contributed by atoms with Gasteiger partial charge in [-0.05, 0) is 43.9 Å². The SMILES string of the molecule is CNC(=O)[C@H]1CC[C@H](NC(=O)c2cc(-n3ccnc3)cc3cc[nH]c23)CC1. The molecule has 0 atom stereocenters. The fourth-order valence-corrected chi connectivity index (χ4v) is 3.86. The first-order valence-electron chi connectivity index (χ1n) is 9.27. The predicted molar refractivity (Wildman–Crippen MR) is 103 cm³/mol. The number of hydrogen-bond donors (Lipinski definition) is 3. The van der Waals surface area contributed by atoms with E-state index in [4.69, 9.17) is 0 Å². The smallest absolute Gasteiger partial charge is 0.253 e. The standard InChI is InChI=1S/C20H23N5O2/c1-21-19(26)13-2-4-15(5-3-13)24-20(27)17-11-16(25-9-8-22-12-25)10-14-6-7-23-18(14)17/h6-13,15,23H,2-5H2,1H3,(H,21,26)(H,24,27)/t13-,15-. The molecule has 1 aliphatic carbocycles. The quantitative estimate of drug-likeness (QED) is 0.663. The van der Waals surface area contributed by atoms with Crippen molar-refractivity contribution >= 4 is 22.7 Å². The Morgan fingerprint density at radius 2 is 2.04 bits per heavy atom. The van der Waals surface area contributed by atoms with Crippen molar-refractivity contribution < 1.29 is 9.59 Å². The maximum atomic E-state index is 13.0. The monoisotopic (exact) mass is 365 g/mol. The molecule has 140 valence electrons. The van der Waals surface area contributed by atoms with Gasteiger partial charge in [-0.15, -0.1) is 0 Å². The summed E-state index contributed by atoms with van der Waals surface area (Å²) in [4.78, 5) is 32.0. The molecule has 0 bridgehead atoms. The summed E-state index contributed by atoms with van der Waals surface area (Å²) in [5.41, 5.74) is 2.35. The van der Waals surface area contributed by atoms with E-state index in [0.717, 1.165) is 42.3 Å². The van der Waals surface area contributed by atoms with Crippen LogP contribution in [0.3, 0.4) is 0 Å². The van der Waals surface area contributed by atoms with Gasteiger partial charge in [0, 0.05) is 48.7 Å². The molecule has 0 saturated heterocycles. The van der Waals surface area contributed by atoms with E-state index in [1.165, 1.54) is 0 Å². The number of nitrogens with one attached hydrogen (secondary N) is 3. The van der Waals surface area contributed by atoms with Gasteiger partial charge < -0.3 is 20.2 Å². The van der Waals surface area contributed by atoms with Gasteiger partial charge >= 0.3 is 0 Å². The third-order valence-corrected chi connectivity index (χ3v) is 5.37. The van der Waals surface area contributed by atoms with Gasteiger partial charge in [-0.25, -0.2) is 4.98 Å². The molecule has 7 nitrogen and oxygen atoms in total. The summed E-state index contributed by atoms with van der Waals surface area (Å²) >= 11 is 0. The summed E-state index contributed by atoms with van der Waals surface area (Å²) in [6.45, 7) is 0. The average molecular weight is 365 g/mol. The number of nitrogens with zero attached hydrogens (tertiary/aromatic N) is 2. The van der Waals surface area contributed by atoms with Gasteiger partial charge in [0.15, 0.2) is 0 Å². The van der Waals surface area contributed by atoms with E-state index < -0.39 is 0 Å². The van der Waals surface area contributed by atoms with Crippen LogP contribution in [0.5, 0.6) is 0 Å². The molecule has 1 fully saturated rings. The molecule has 2 aromatic heterocycles.